The monoisotopic (exact) mass is 505 g/mol. The van der Waals surface area contributed by atoms with Crippen LogP contribution in [0, 0.1) is 0 Å². The third-order valence-electron chi connectivity index (χ3n) is 5.15. The van der Waals surface area contributed by atoms with Gasteiger partial charge in [0.1, 0.15) is 0 Å². The minimum Gasteiger partial charge on any atom is -0.299 e. The first-order valence-corrected chi connectivity index (χ1v) is 13.4. The maximum Gasteiger partial charge on any atom is 0.500 e. The normalized spacial score (nSPS) is 14.2. The highest BCUT2D eigenvalue weighted by Crippen LogP contribution is 2.43. The van der Waals surface area contributed by atoms with Crippen LogP contribution in [-0.2, 0) is 19.7 Å². The number of alkyl halides is 6. The molecule has 0 aromatic heterocycles. The molecule has 0 radical (unpaired) electrons. The summed E-state index contributed by atoms with van der Waals surface area (Å²) in [7, 11) is -13.7. The summed E-state index contributed by atoms with van der Waals surface area (Å²) in [6.07, 6.45) is 9.01. The summed E-state index contributed by atoms with van der Waals surface area (Å²) in [5.74, 6) is 0. The summed E-state index contributed by atoms with van der Waals surface area (Å²) in [6.45, 7) is 2.14. The molecule has 13 heteroatoms. The Morgan fingerprint density at radius 2 is 0.806 bits per heavy atom. The number of nitrogens with two attached hydrogens (primary N) is 1. The van der Waals surface area contributed by atoms with Gasteiger partial charge in [0.05, 0.1) is 0 Å². The minimum absolute atomic E-state index is 0.0662. The van der Waals surface area contributed by atoms with Crippen LogP contribution in [-0.4, -0.2) is 32.1 Å². The largest absolute Gasteiger partial charge is 0.500 e. The van der Waals surface area contributed by atoms with Gasteiger partial charge in [-0.2, -0.15) is 26.3 Å². The number of halogens is 6. The Morgan fingerprint density at radius 3 is 1.06 bits per heavy atom. The number of sulfone groups is 2. The van der Waals surface area contributed by atoms with Crippen LogP contribution in [0.15, 0.2) is 0 Å². The summed E-state index contributed by atoms with van der Waals surface area (Å²) >= 11 is 0. The molecule has 5 nitrogen and oxygen atoms in total. The molecule has 0 aliphatic heterocycles. The van der Waals surface area contributed by atoms with Gasteiger partial charge in [-0.15, -0.1) is 0 Å². The van der Waals surface area contributed by atoms with Crippen LogP contribution in [0.2, 0.25) is 0 Å². The zero-order chi connectivity index (χ0) is 24.4. The van der Waals surface area contributed by atoms with Crippen molar-refractivity contribution in [1.29, 1.82) is 0 Å². The first-order chi connectivity index (χ1) is 14.1. The molecule has 0 aromatic rings. The van der Waals surface area contributed by atoms with E-state index in [0.717, 1.165) is 32.1 Å². The average Bonchev–Trinajstić information content (AvgIpc) is 2.63. The predicted molar refractivity (Wildman–Crippen MR) is 107 cm³/mol. The Hall–Kier alpha value is -0.560. The fraction of sp³-hybridized carbons (Fsp3) is 1.00. The van der Waals surface area contributed by atoms with Gasteiger partial charge in [0, 0.05) is 0 Å². The Bertz CT molecular complexity index is 674. The number of unbranched alkanes of at least 4 members (excludes halogenated alkanes) is 12. The molecule has 0 spiro atoms. The van der Waals surface area contributed by atoms with Crippen LogP contribution in [0.4, 0.5) is 26.3 Å². The van der Waals surface area contributed by atoms with E-state index in [1.165, 1.54) is 25.7 Å². The lowest BCUT2D eigenvalue weighted by molar-refractivity contribution is -0.0494. The van der Waals surface area contributed by atoms with Crippen molar-refractivity contribution in [2.45, 2.75) is 112 Å². The van der Waals surface area contributed by atoms with Crippen molar-refractivity contribution in [2.24, 2.45) is 5.73 Å². The highest BCUT2D eigenvalue weighted by atomic mass is 32.3. The average molecular weight is 506 g/mol. The van der Waals surface area contributed by atoms with Crippen molar-refractivity contribution in [3.8, 4) is 0 Å². The molecule has 2 N–H and O–H groups in total. The first-order valence-electron chi connectivity index (χ1n) is 10.5. The van der Waals surface area contributed by atoms with Crippen molar-refractivity contribution in [3.63, 3.8) is 0 Å². The fourth-order valence-corrected chi connectivity index (χ4v) is 6.53. The Morgan fingerprint density at radius 1 is 0.548 bits per heavy atom. The molecule has 0 saturated carbocycles. The van der Waals surface area contributed by atoms with E-state index in [9.17, 15) is 43.2 Å². The van der Waals surface area contributed by atoms with Crippen molar-refractivity contribution >= 4 is 19.7 Å². The quantitative estimate of drug-likeness (QED) is 0.207. The molecule has 0 fully saturated rings. The summed E-state index contributed by atoms with van der Waals surface area (Å²) in [5.41, 5.74) is -7.63. The lowest BCUT2D eigenvalue weighted by Crippen LogP contribution is -2.62. The molecule has 0 bridgehead atoms. The minimum atomic E-state index is -6.83. The zero-order valence-corrected chi connectivity index (χ0v) is 19.3. The molecule has 31 heavy (non-hydrogen) atoms. The summed E-state index contributed by atoms with van der Waals surface area (Å²) in [6, 6.07) is 0. The predicted octanol–water partition coefficient (Wildman–Crippen LogP) is 5.95. The highest BCUT2D eigenvalue weighted by molar-refractivity contribution is 8.11. The van der Waals surface area contributed by atoms with Crippen LogP contribution < -0.4 is 5.73 Å². The van der Waals surface area contributed by atoms with Gasteiger partial charge < -0.3 is 0 Å². The molecule has 0 saturated heterocycles. The third kappa shape index (κ3) is 8.38. The summed E-state index contributed by atoms with van der Waals surface area (Å²) in [4.78, 5) is 0. The van der Waals surface area contributed by atoms with Crippen molar-refractivity contribution in [3.05, 3.63) is 0 Å². The maximum atomic E-state index is 12.8. The van der Waals surface area contributed by atoms with Crippen molar-refractivity contribution < 1.29 is 43.2 Å². The van der Waals surface area contributed by atoms with Gasteiger partial charge in [0.25, 0.3) is 19.7 Å². The van der Waals surface area contributed by atoms with E-state index < -0.39 is 47.7 Å². The SMILES string of the molecule is CCCCCCCCCCCCCCCC(N)(S(=O)(=O)C(F)(F)F)S(=O)(=O)C(F)(F)F. The van der Waals surface area contributed by atoms with Gasteiger partial charge in [-0.05, 0) is 12.8 Å². The Labute approximate surface area is 181 Å². The van der Waals surface area contributed by atoms with Crippen LogP contribution in [0.1, 0.15) is 96.8 Å². The molecule has 0 aliphatic rings. The number of rotatable bonds is 16. The standard InChI is InChI=1S/C18H33F6NO4S2/c1-2-3-4-5-6-7-8-9-10-11-12-13-14-15-16(25,30(26,27)17(19,20)21)31(28,29)18(22,23)24/h2-15,25H2,1H3. The van der Waals surface area contributed by atoms with E-state index in [2.05, 4.69) is 6.92 Å². The topological polar surface area (TPSA) is 94.3 Å². The van der Waals surface area contributed by atoms with Crippen molar-refractivity contribution in [1.82, 2.24) is 0 Å². The van der Waals surface area contributed by atoms with Gasteiger partial charge in [0.15, 0.2) is 0 Å². The Balaban J connectivity index is 4.61. The van der Waals surface area contributed by atoms with Gasteiger partial charge in [-0.3, -0.25) is 5.73 Å². The molecule has 0 atom stereocenters. The summed E-state index contributed by atoms with van der Waals surface area (Å²) < 4.78 is 119. The van der Waals surface area contributed by atoms with Crippen LogP contribution >= 0.6 is 0 Å². The lowest BCUT2D eigenvalue weighted by Gasteiger charge is -2.30. The third-order valence-corrected chi connectivity index (χ3v) is 9.91. The fourth-order valence-electron chi connectivity index (χ4n) is 3.19. The number of hydrogen-bond donors (Lipinski definition) is 1. The van der Waals surface area contributed by atoms with E-state index in [1.54, 1.807) is 0 Å². The number of hydrogen-bond acceptors (Lipinski definition) is 5. The second-order valence-electron chi connectivity index (χ2n) is 7.70. The second kappa shape index (κ2) is 12.6. The van der Waals surface area contributed by atoms with E-state index in [1.807, 2.05) is 0 Å². The lowest BCUT2D eigenvalue weighted by atomic mass is 10.0. The molecular formula is C18H33F6NO4S2. The van der Waals surface area contributed by atoms with Crippen LogP contribution in [0.5, 0.6) is 0 Å². The Kier molecular flexibility index (Phi) is 12.4. The maximum absolute atomic E-state index is 12.8. The molecule has 0 aromatic carbocycles. The van der Waals surface area contributed by atoms with E-state index in [-0.39, 0.29) is 6.42 Å². The van der Waals surface area contributed by atoms with Gasteiger partial charge in [0.2, 0.25) is 4.20 Å². The molecule has 0 unspecified atom stereocenters. The summed E-state index contributed by atoms with van der Waals surface area (Å²) in [5, 5.41) is 0. The molecule has 0 rings (SSSR count). The van der Waals surface area contributed by atoms with E-state index in [4.69, 9.17) is 5.73 Å². The smallest absolute Gasteiger partial charge is 0.299 e. The molecule has 0 aliphatic carbocycles. The van der Waals surface area contributed by atoms with E-state index in [0.29, 0.717) is 12.8 Å². The zero-order valence-electron chi connectivity index (χ0n) is 17.7. The van der Waals surface area contributed by atoms with Gasteiger partial charge in [-0.1, -0.05) is 84.0 Å². The molecule has 188 valence electrons. The van der Waals surface area contributed by atoms with E-state index >= 15 is 0 Å². The van der Waals surface area contributed by atoms with Crippen molar-refractivity contribution in [2.75, 3.05) is 0 Å². The molecule has 0 heterocycles. The van der Waals surface area contributed by atoms with Gasteiger partial charge >= 0.3 is 11.0 Å². The molecular weight excluding hydrogens is 472 g/mol. The van der Waals surface area contributed by atoms with Crippen LogP contribution in [0.3, 0.4) is 0 Å². The highest BCUT2D eigenvalue weighted by Gasteiger charge is 2.70. The molecule has 0 amide bonds. The van der Waals surface area contributed by atoms with Crippen LogP contribution in [0.25, 0.3) is 0 Å². The first kappa shape index (κ1) is 30.4. The van der Waals surface area contributed by atoms with Gasteiger partial charge in [-0.25, -0.2) is 16.8 Å². The second-order valence-corrected chi connectivity index (χ2v) is 12.4.